The van der Waals surface area contributed by atoms with Crippen molar-refractivity contribution in [3.05, 3.63) is 29.8 Å². The molecule has 0 aromatic heterocycles. The Kier molecular flexibility index (Phi) is 11.6. The number of carbonyl (C=O) groups excluding carboxylic acids is 3. The molecule has 1 aliphatic carbocycles. The molecule has 1 aromatic rings. The van der Waals surface area contributed by atoms with Crippen molar-refractivity contribution in [1.29, 1.82) is 0 Å². The van der Waals surface area contributed by atoms with E-state index in [0.29, 0.717) is 31.2 Å². The highest BCUT2D eigenvalue weighted by atomic mass is 16.6. The smallest absolute Gasteiger partial charge is 0.407 e. The van der Waals surface area contributed by atoms with Crippen LogP contribution in [0.25, 0.3) is 0 Å². The summed E-state index contributed by atoms with van der Waals surface area (Å²) in [6.07, 6.45) is 8.78. The van der Waals surface area contributed by atoms with Crippen LogP contribution in [0.15, 0.2) is 29.3 Å². The zero-order chi connectivity index (χ0) is 28.3. The molecule has 39 heavy (non-hydrogen) atoms. The first-order valence-corrected chi connectivity index (χ1v) is 14.5. The number of urea groups is 1. The lowest BCUT2D eigenvalue weighted by Crippen LogP contribution is -2.45. The fourth-order valence-electron chi connectivity index (χ4n) is 5.10. The number of hydrogen-bond acceptors (Lipinski definition) is 6. The maximum absolute atomic E-state index is 13.2. The topological polar surface area (TPSA) is 118 Å². The van der Waals surface area contributed by atoms with E-state index in [0.717, 1.165) is 49.9 Å². The average molecular weight is 543 g/mol. The molecule has 1 heterocycles. The molecule has 2 unspecified atom stereocenters. The Morgan fingerprint density at radius 3 is 2.38 bits per heavy atom. The Balaban J connectivity index is 1.48. The monoisotopic (exact) mass is 542 g/mol. The summed E-state index contributed by atoms with van der Waals surface area (Å²) < 4.78 is 11.0. The largest absolute Gasteiger partial charge is 0.465 e. The highest BCUT2D eigenvalue weighted by molar-refractivity contribution is 6.09. The fraction of sp³-hybridized carbons (Fsp3) is 0.667. The first-order chi connectivity index (χ1) is 18.7. The zero-order valence-corrected chi connectivity index (χ0v) is 24.0. The summed E-state index contributed by atoms with van der Waals surface area (Å²) in [5, 5.41) is 9.08. The second kappa shape index (κ2) is 14.9. The number of nitrogens with zero attached hydrogens (tertiary/aromatic N) is 1. The molecule has 1 fully saturated rings. The standard InChI is InChI=1S/C30H46N4O5/c1-5-24-25(27(35)38-20-21-12-8-6-9-13-21)26(34-28(36)33-24)22-14-16-23(17-15-22)31-18-10-7-11-19-32-29(37)39-30(2,3)4/h14-17,21,25-26,31H,5-13,18-20H2,1-4H3,(H,32,37)(H,34,36). The minimum atomic E-state index is -0.621. The summed E-state index contributed by atoms with van der Waals surface area (Å²) in [6.45, 7) is 9.27. The van der Waals surface area contributed by atoms with Crippen LogP contribution >= 0.6 is 0 Å². The van der Waals surface area contributed by atoms with Crippen molar-refractivity contribution in [1.82, 2.24) is 10.6 Å². The van der Waals surface area contributed by atoms with E-state index in [1.54, 1.807) is 0 Å². The van der Waals surface area contributed by atoms with Crippen molar-refractivity contribution in [2.24, 2.45) is 16.8 Å². The molecule has 1 aromatic carbocycles. The second-order valence-electron chi connectivity index (χ2n) is 11.5. The first kappa shape index (κ1) is 30.4. The molecule has 0 bridgehead atoms. The van der Waals surface area contributed by atoms with E-state index in [2.05, 4.69) is 20.9 Å². The number of rotatable bonds is 12. The van der Waals surface area contributed by atoms with Gasteiger partial charge < -0.3 is 25.4 Å². The normalized spacial score (nSPS) is 20.0. The van der Waals surface area contributed by atoms with Gasteiger partial charge in [-0.1, -0.05) is 38.3 Å². The van der Waals surface area contributed by atoms with Crippen LogP contribution in [0.2, 0.25) is 0 Å². The number of unbranched alkanes of at least 4 members (excludes halogenated alkanes) is 2. The van der Waals surface area contributed by atoms with Gasteiger partial charge in [-0.3, -0.25) is 4.79 Å². The highest BCUT2D eigenvalue weighted by Gasteiger charge is 2.39. The van der Waals surface area contributed by atoms with Gasteiger partial charge in [0.15, 0.2) is 0 Å². The van der Waals surface area contributed by atoms with Crippen LogP contribution in [0.3, 0.4) is 0 Å². The molecule has 3 rings (SSSR count). The third-order valence-corrected chi connectivity index (χ3v) is 7.14. The number of ether oxygens (including phenoxy) is 2. The Morgan fingerprint density at radius 1 is 1.03 bits per heavy atom. The predicted molar refractivity (Wildman–Crippen MR) is 153 cm³/mol. The van der Waals surface area contributed by atoms with Crippen LogP contribution in [0.5, 0.6) is 0 Å². The molecule has 1 aliphatic heterocycles. The molecule has 3 N–H and O–H groups in total. The summed E-state index contributed by atoms with van der Waals surface area (Å²) in [4.78, 5) is 41.3. The van der Waals surface area contributed by atoms with Gasteiger partial charge in [0.2, 0.25) is 0 Å². The SMILES string of the molecule is CCC1=NC(=O)NC(c2ccc(NCCCCCNC(=O)OC(C)(C)C)cc2)C1C(=O)OCC1CCCCC1. The van der Waals surface area contributed by atoms with Gasteiger partial charge >= 0.3 is 18.1 Å². The van der Waals surface area contributed by atoms with Crippen LogP contribution < -0.4 is 16.0 Å². The zero-order valence-electron chi connectivity index (χ0n) is 24.0. The van der Waals surface area contributed by atoms with Crippen molar-refractivity contribution >= 4 is 29.5 Å². The number of nitrogens with one attached hydrogen (secondary N) is 3. The molecule has 9 heteroatoms. The van der Waals surface area contributed by atoms with Gasteiger partial charge in [-0.05, 0) is 82.9 Å². The van der Waals surface area contributed by atoms with Gasteiger partial charge in [0.05, 0.1) is 12.6 Å². The van der Waals surface area contributed by atoms with E-state index in [-0.39, 0.29) is 12.1 Å². The van der Waals surface area contributed by atoms with Gasteiger partial charge in [0.1, 0.15) is 11.5 Å². The lowest BCUT2D eigenvalue weighted by atomic mass is 9.86. The molecular formula is C30H46N4O5. The molecule has 2 atom stereocenters. The number of aliphatic imine (C=N–C) groups is 1. The quantitative estimate of drug-likeness (QED) is 0.215. The van der Waals surface area contributed by atoms with E-state index in [9.17, 15) is 14.4 Å². The van der Waals surface area contributed by atoms with Crippen molar-refractivity contribution in [2.45, 2.75) is 97.1 Å². The molecule has 0 spiro atoms. The molecule has 3 amide bonds. The lowest BCUT2D eigenvalue weighted by Gasteiger charge is -2.31. The van der Waals surface area contributed by atoms with Crippen molar-refractivity contribution in [3.63, 3.8) is 0 Å². The Hall–Kier alpha value is -3.10. The molecule has 0 saturated heterocycles. The summed E-state index contributed by atoms with van der Waals surface area (Å²) in [5.74, 6) is -0.508. The first-order valence-electron chi connectivity index (χ1n) is 14.5. The van der Waals surface area contributed by atoms with Gasteiger partial charge in [0.25, 0.3) is 0 Å². The maximum Gasteiger partial charge on any atom is 0.407 e. The number of carbonyl (C=O) groups is 3. The number of esters is 1. The van der Waals surface area contributed by atoms with Crippen molar-refractivity contribution in [3.8, 4) is 0 Å². The number of anilines is 1. The lowest BCUT2D eigenvalue weighted by molar-refractivity contribution is -0.148. The van der Waals surface area contributed by atoms with E-state index in [1.807, 2.05) is 52.0 Å². The third-order valence-electron chi connectivity index (χ3n) is 7.14. The van der Waals surface area contributed by atoms with E-state index >= 15 is 0 Å². The van der Waals surface area contributed by atoms with Crippen molar-refractivity contribution in [2.75, 3.05) is 25.0 Å². The molecule has 0 radical (unpaired) electrons. The number of alkyl carbamates (subject to hydrolysis) is 1. The van der Waals surface area contributed by atoms with Crippen LogP contribution in [-0.2, 0) is 14.3 Å². The summed E-state index contributed by atoms with van der Waals surface area (Å²) in [7, 11) is 0. The van der Waals surface area contributed by atoms with Crippen LogP contribution in [0.1, 0.15) is 97.1 Å². The van der Waals surface area contributed by atoms with E-state index in [1.165, 1.54) is 19.3 Å². The number of amides is 3. The van der Waals surface area contributed by atoms with Crippen LogP contribution in [0, 0.1) is 11.8 Å². The average Bonchev–Trinajstić information content (AvgIpc) is 2.90. The van der Waals surface area contributed by atoms with Crippen LogP contribution in [-0.4, -0.2) is 49.1 Å². The van der Waals surface area contributed by atoms with Gasteiger partial charge in [-0.15, -0.1) is 0 Å². The van der Waals surface area contributed by atoms with E-state index in [4.69, 9.17) is 9.47 Å². The number of benzene rings is 1. The van der Waals surface area contributed by atoms with Crippen molar-refractivity contribution < 1.29 is 23.9 Å². The molecule has 2 aliphatic rings. The summed E-state index contributed by atoms with van der Waals surface area (Å²) in [5.41, 5.74) is 1.90. The van der Waals surface area contributed by atoms with Crippen LogP contribution in [0.4, 0.5) is 15.3 Å². The highest BCUT2D eigenvalue weighted by Crippen LogP contribution is 2.31. The minimum absolute atomic E-state index is 0.311. The van der Waals surface area contributed by atoms with Gasteiger partial charge in [0, 0.05) is 24.5 Å². The Labute approximate surface area is 232 Å². The predicted octanol–water partition coefficient (Wildman–Crippen LogP) is 6.15. The maximum atomic E-state index is 13.2. The summed E-state index contributed by atoms with van der Waals surface area (Å²) in [6, 6.07) is 6.89. The molecule has 1 saturated carbocycles. The number of hydrogen-bond donors (Lipinski definition) is 3. The fourth-order valence-corrected chi connectivity index (χ4v) is 5.10. The molecule has 9 nitrogen and oxygen atoms in total. The molecular weight excluding hydrogens is 496 g/mol. The van der Waals surface area contributed by atoms with Gasteiger partial charge in [-0.2, -0.15) is 0 Å². The van der Waals surface area contributed by atoms with E-state index < -0.39 is 23.6 Å². The molecule has 216 valence electrons. The third kappa shape index (κ3) is 10.2. The second-order valence-corrected chi connectivity index (χ2v) is 11.5. The van der Waals surface area contributed by atoms with Gasteiger partial charge in [-0.25, -0.2) is 14.6 Å². The Bertz CT molecular complexity index is 980. The Morgan fingerprint density at radius 2 is 1.72 bits per heavy atom. The minimum Gasteiger partial charge on any atom is -0.465 e. The summed E-state index contributed by atoms with van der Waals surface area (Å²) >= 11 is 0.